The number of fused-ring (bicyclic) bond motifs is 1. The average Bonchev–Trinajstić information content (AvgIpc) is 2.98. The lowest BCUT2D eigenvalue weighted by Gasteiger charge is -2.37. The zero-order chi connectivity index (χ0) is 14.7. The van der Waals surface area contributed by atoms with Crippen molar-refractivity contribution in [3.8, 4) is 0 Å². The maximum Gasteiger partial charge on any atom is 0.220 e. The van der Waals surface area contributed by atoms with Crippen LogP contribution in [-0.4, -0.2) is 31.2 Å². The van der Waals surface area contributed by atoms with Crippen LogP contribution in [0, 0.1) is 11.3 Å². The Hall–Kier alpha value is -0.320. The standard InChI is InChI=1S/C17H30N2O2.ClH/c18-12-17(8-2-1-3-9-17)11-16(20)19-14-5-4-6-15-13(14)7-10-21-15;/h13-15H,1-12,18H2,(H,19,20);1H. The van der Waals surface area contributed by atoms with Crippen LogP contribution in [0.5, 0.6) is 0 Å². The summed E-state index contributed by atoms with van der Waals surface area (Å²) in [6.07, 6.45) is 11.6. The molecule has 1 aliphatic heterocycles. The van der Waals surface area contributed by atoms with Gasteiger partial charge in [0.1, 0.15) is 0 Å². The number of carbonyl (C=O) groups is 1. The molecule has 0 aromatic rings. The lowest BCUT2D eigenvalue weighted by molar-refractivity contribution is -0.125. The van der Waals surface area contributed by atoms with Crippen molar-refractivity contribution in [1.29, 1.82) is 0 Å². The Morgan fingerprint density at radius 1 is 1.14 bits per heavy atom. The lowest BCUT2D eigenvalue weighted by atomic mass is 9.71. The molecule has 3 fully saturated rings. The van der Waals surface area contributed by atoms with Crippen molar-refractivity contribution in [2.24, 2.45) is 17.1 Å². The molecule has 128 valence electrons. The fraction of sp³-hybridized carbons (Fsp3) is 0.941. The molecule has 0 aromatic carbocycles. The second-order valence-electron chi connectivity index (χ2n) is 7.41. The fourth-order valence-corrected chi connectivity index (χ4v) is 4.71. The Balaban J connectivity index is 0.00000176. The molecule has 3 aliphatic rings. The Labute approximate surface area is 140 Å². The van der Waals surface area contributed by atoms with Gasteiger partial charge in [0.05, 0.1) is 6.10 Å². The molecule has 3 atom stereocenters. The molecule has 3 rings (SSSR count). The largest absolute Gasteiger partial charge is 0.378 e. The first-order chi connectivity index (χ1) is 10.2. The first kappa shape index (κ1) is 18.0. The van der Waals surface area contributed by atoms with E-state index in [2.05, 4.69) is 5.32 Å². The molecule has 4 nitrogen and oxygen atoms in total. The number of carbonyl (C=O) groups excluding carboxylic acids is 1. The van der Waals surface area contributed by atoms with E-state index in [9.17, 15) is 4.79 Å². The number of halogens is 1. The van der Waals surface area contributed by atoms with E-state index >= 15 is 0 Å². The predicted molar refractivity (Wildman–Crippen MR) is 90.1 cm³/mol. The molecule has 2 aliphatic carbocycles. The predicted octanol–water partition coefficient (Wildman–Crippen LogP) is 2.78. The van der Waals surface area contributed by atoms with Crippen molar-refractivity contribution in [2.45, 2.75) is 76.4 Å². The summed E-state index contributed by atoms with van der Waals surface area (Å²) in [5.74, 6) is 0.766. The highest BCUT2D eigenvalue weighted by molar-refractivity contribution is 5.85. The Morgan fingerprint density at radius 2 is 1.91 bits per heavy atom. The van der Waals surface area contributed by atoms with E-state index < -0.39 is 0 Å². The molecule has 0 bridgehead atoms. The molecule has 0 spiro atoms. The summed E-state index contributed by atoms with van der Waals surface area (Å²) in [7, 11) is 0. The minimum Gasteiger partial charge on any atom is -0.378 e. The minimum absolute atomic E-state index is 0. The zero-order valence-electron chi connectivity index (χ0n) is 13.5. The van der Waals surface area contributed by atoms with Crippen molar-refractivity contribution >= 4 is 18.3 Å². The van der Waals surface area contributed by atoms with Gasteiger partial charge >= 0.3 is 0 Å². The molecule has 1 heterocycles. The van der Waals surface area contributed by atoms with Crippen molar-refractivity contribution in [3.63, 3.8) is 0 Å². The van der Waals surface area contributed by atoms with E-state index in [1.807, 2.05) is 0 Å². The highest BCUT2D eigenvalue weighted by Gasteiger charge is 2.39. The zero-order valence-corrected chi connectivity index (χ0v) is 14.3. The molecule has 1 saturated heterocycles. The smallest absolute Gasteiger partial charge is 0.220 e. The Bertz CT molecular complexity index is 372. The lowest BCUT2D eigenvalue weighted by Crippen LogP contribution is -2.47. The maximum absolute atomic E-state index is 12.5. The third kappa shape index (κ3) is 3.95. The normalized spacial score (nSPS) is 33.6. The summed E-state index contributed by atoms with van der Waals surface area (Å²) in [5, 5.41) is 3.32. The highest BCUT2D eigenvalue weighted by Crippen LogP contribution is 2.39. The van der Waals surface area contributed by atoms with Crippen LogP contribution in [0.3, 0.4) is 0 Å². The van der Waals surface area contributed by atoms with Crippen molar-refractivity contribution in [1.82, 2.24) is 5.32 Å². The molecule has 22 heavy (non-hydrogen) atoms. The van der Waals surface area contributed by atoms with Gasteiger partial charge in [0.2, 0.25) is 5.91 Å². The number of nitrogens with two attached hydrogens (primary N) is 1. The van der Waals surface area contributed by atoms with E-state index in [1.54, 1.807) is 0 Å². The van der Waals surface area contributed by atoms with Crippen LogP contribution in [0.25, 0.3) is 0 Å². The molecule has 0 aromatic heterocycles. The van der Waals surface area contributed by atoms with Gasteiger partial charge in [0, 0.05) is 25.0 Å². The maximum atomic E-state index is 12.5. The molecule has 0 radical (unpaired) electrons. The second kappa shape index (κ2) is 7.98. The van der Waals surface area contributed by atoms with Gasteiger partial charge in [-0.25, -0.2) is 0 Å². The van der Waals surface area contributed by atoms with Crippen LogP contribution in [-0.2, 0) is 9.53 Å². The van der Waals surface area contributed by atoms with Gasteiger partial charge in [-0.15, -0.1) is 12.4 Å². The molecule has 3 N–H and O–H groups in total. The van der Waals surface area contributed by atoms with Crippen LogP contribution in [0.2, 0.25) is 0 Å². The third-order valence-electron chi connectivity index (χ3n) is 6.01. The Kier molecular flexibility index (Phi) is 6.54. The number of amides is 1. The number of rotatable bonds is 4. The van der Waals surface area contributed by atoms with E-state index in [0.717, 1.165) is 32.3 Å². The van der Waals surface area contributed by atoms with E-state index in [1.165, 1.54) is 32.1 Å². The van der Waals surface area contributed by atoms with Crippen LogP contribution >= 0.6 is 12.4 Å². The van der Waals surface area contributed by atoms with Crippen LogP contribution in [0.1, 0.15) is 64.2 Å². The summed E-state index contributed by atoms with van der Waals surface area (Å²) in [6, 6.07) is 0.331. The monoisotopic (exact) mass is 330 g/mol. The van der Waals surface area contributed by atoms with E-state index in [-0.39, 0.29) is 23.7 Å². The molecule has 1 amide bonds. The molecular formula is C17H31ClN2O2. The van der Waals surface area contributed by atoms with Gasteiger partial charge in [-0.1, -0.05) is 19.3 Å². The average molecular weight is 331 g/mol. The Morgan fingerprint density at radius 3 is 2.64 bits per heavy atom. The summed E-state index contributed by atoms with van der Waals surface area (Å²) >= 11 is 0. The van der Waals surface area contributed by atoms with Gasteiger partial charge in [-0.3, -0.25) is 4.79 Å². The van der Waals surface area contributed by atoms with Crippen LogP contribution in [0.4, 0.5) is 0 Å². The fourth-order valence-electron chi connectivity index (χ4n) is 4.71. The van der Waals surface area contributed by atoms with Crippen molar-refractivity contribution in [3.05, 3.63) is 0 Å². The molecular weight excluding hydrogens is 300 g/mol. The minimum atomic E-state index is 0. The molecule has 3 unspecified atom stereocenters. The van der Waals surface area contributed by atoms with Gasteiger partial charge < -0.3 is 15.8 Å². The van der Waals surface area contributed by atoms with Crippen LogP contribution < -0.4 is 11.1 Å². The number of hydrogen-bond donors (Lipinski definition) is 2. The van der Waals surface area contributed by atoms with Gasteiger partial charge in [0.15, 0.2) is 0 Å². The SMILES string of the molecule is Cl.NCC1(CC(=O)NC2CCCC3OCCC23)CCCCC1. The third-order valence-corrected chi connectivity index (χ3v) is 6.01. The highest BCUT2D eigenvalue weighted by atomic mass is 35.5. The first-order valence-corrected chi connectivity index (χ1v) is 8.83. The van der Waals surface area contributed by atoms with Crippen LogP contribution in [0.15, 0.2) is 0 Å². The first-order valence-electron chi connectivity index (χ1n) is 8.83. The topological polar surface area (TPSA) is 64.4 Å². The van der Waals surface area contributed by atoms with Crippen molar-refractivity contribution < 1.29 is 9.53 Å². The van der Waals surface area contributed by atoms with Gasteiger partial charge in [0.25, 0.3) is 0 Å². The number of hydrogen-bond acceptors (Lipinski definition) is 3. The van der Waals surface area contributed by atoms with Gasteiger partial charge in [-0.05, 0) is 50.5 Å². The second-order valence-corrected chi connectivity index (χ2v) is 7.41. The van der Waals surface area contributed by atoms with Gasteiger partial charge in [-0.2, -0.15) is 0 Å². The number of nitrogens with one attached hydrogen (secondary N) is 1. The summed E-state index contributed by atoms with van der Waals surface area (Å²) < 4.78 is 5.79. The van der Waals surface area contributed by atoms with E-state index in [0.29, 0.717) is 31.0 Å². The summed E-state index contributed by atoms with van der Waals surface area (Å²) in [4.78, 5) is 12.5. The quantitative estimate of drug-likeness (QED) is 0.833. The van der Waals surface area contributed by atoms with Crippen molar-refractivity contribution in [2.75, 3.05) is 13.2 Å². The van der Waals surface area contributed by atoms with E-state index in [4.69, 9.17) is 10.5 Å². The summed E-state index contributed by atoms with van der Waals surface area (Å²) in [6.45, 7) is 1.52. The molecule has 2 saturated carbocycles. The number of ether oxygens (including phenoxy) is 1. The summed E-state index contributed by atoms with van der Waals surface area (Å²) in [5.41, 5.74) is 6.08. The molecule has 5 heteroatoms.